The van der Waals surface area contributed by atoms with Gasteiger partial charge in [0.25, 0.3) is 10.8 Å². The van der Waals surface area contributed by atoms with E-state index in [2.05, 4.69) is 10.3 Å². The van der Waals surface area contributed by atoms with E-state index in [4.69, 9.17) is 4.74 Å². The Bertz CT molecular complexity index is 1130. The molecule has 1 N–H and O–H groups in total. The normalized spacial score (nSPS) is 15.8. The zero-order valence-corrected chi connectivity index (χ0v) is 18.8. The molecule has 2 heterocycles. The fourth-order valence-electron chi connectivity index (χ4n) is 3.00. The first-order valence-corrected chi connectivity index (χ1v) is 9.57. The molecule has 1 saturated heterocycles. The van der Waals surface area contributed by atoms with Crippen molar-refractivity contribution in [2.45, 2.75) is 18.3 Å². The van der Waals surface area contributed by atoms with Crippen molar-refractivity contribution in [3.05, 3.63) is 70.3 Å². The molecule has 7 nitrogen and oxygen atoms in total. The number of carbonyl (C=O) groups is 2. The van der Waals surface area contributed by atoms with Crippen molar-refractivity contribution in [2.75, 3.05) is 0 Å². The number of benzene rings is 2. The van der Waals surface area contributed by atoms with E-state index in [0.717, 1.165) is 17.3 Å². The quantitative estimate of drug-likeness (QED) is 0.617. The molecule has 4 rings (SSSR count). The summed E-state index contributed by atoms with van der Waals surface area (Å²) in [6.07, 6.45) is 0.475. The Hall–Kier alpha value is -1.87. The number of carbonyl (C=O) groups excluding carboxylic acids is 2. The van der Waals surface area contributed by atoms with Gasteiger partial charge in [-0.3, -0.25) is 24.3 Å². The Balaban J connectivity index is 0.00000240. The number of nitrogens with one attached hydrogen (secondary N) is 1. The second-order valence-corrected chi connectivity index (χ2v) is 7.60. The van der Waals surface area contributed by atoms with Crippen LogP contribution in [0.1, 0.15) is 11.4 Å². The maximum atomic E-state index is 12.4. The molecule has 0 bridgehead atoms. The van der Waals surface area contributed by atoms with Crippen LogP contribution in [0.4, 0.5) is 4.79 Å². The minimum absolute atomic E-state index is 0. The van der Waals surface area contributed by atoms with Crippen LogP contribution in [-0.4, -0.2) is 63.7 Å². The molecular weight excluding hydrogens is 418 g/mol. The number of hydrogen-bond acceptors (Lipinski definition) is 6. The number of amides is 2. The molecule has 1 aromatic heterocycles. The van der Waals surface area contributed by atoms with Crippen LogP contribution in [0, 0.1) is 0 Å². The number of thioether (sulfide) groups is 1. The van der Waals surface area contributed by atoms with Crippen LogP contribution >= 0.6 is 11.8 Å². The fraction of sp³-hybridized carbons (Fsp3) is 0.200. The summed E-state index contributed by atoms with van der Waals surface area (Å²) in [6, 6.07) is 14.5. The Kier molecular flexibility index (Phi) is 7.00. The van der Waals surface area contributed by atoms with E-state index < -0.39 is 5.25 Å². The van der Waals surface area contributed by atoms with Crippen molar-refractivity contribution in [3.8, 4) is 5.75 Å². The molecule has 1 aliphatic rings. The zero-order valence-electron chi connectivity index (χ0n) is 15.8. The fourth-order valence-corrected chi connectivity index (χ4v) is 3.86. The van der Waals surface area contributed by atoms with E-state index in [0.29, 0.717) is 28.9 Å². The van der Waals surface area contributed by atoms with Crippen molar-refractivity contribution < 1.29 is 14.3 Å². The summed E-state index contributed by atoms with van der Waals surface area (Å²) in [7, 11) is 1.68. The van der Waals surface area contributed by atoms with Crippen molar-refractivity contribution in [1.29, 1.82) is 0 Å². The van der Waals surface area contributed by atoms with E-state index >= 15 is 0 Å². The van der Waals surface area contributed by atoms with E-state index in [1.165, 1.54) is 4.57 Å². The van der Waals surface area contributed by atoms with Gasteiger partial charge in [-0.1, -0.05) is 36.0 Å². The standard InChI is InChI=1S/C20H17N3O4S.Ca/c1-23-17(21-15-5-3-2-4-14(15)19(23)25)11-27-13-8-6-12(7-9-13)10-16-18(24)22-20(26)28-16;/h2-9,16H,10-11H2,1H3,(H,22,24,26);. The molecular formula is C20H17CaN3O4S. The molecule has 0 saturated carbocycles. The minimum Gasteiger partial charge on any atom is -0.486 e. The van der Waals surface area contributed by atoms with Crippen LogP contribution in [0.15, 0.2) is 53.3 Å². The summed E-state index contributed by atoms with van der Waals surface area (Å²) in [5.41, 5.74) is 1.47. The van der Waals surface area contributed by atoms with Gasteiger partial charge in [0.1, 0.15) is 18.2 Å². The van der Waals surface area contributed by atoms with Crippen LogP contribution in [0.2, 0.25) is 0 Å². The van der Waals surface area contributed by atoms with Crippen molar-refractivity contribution in [3.63, 3.8) is 0 Å². The van der Waals surface area contributed by atoms with Crippen molar-refractivity contribution >= 4 is 71.5 Å². The molecule has 29 heavy (non-hydrogen) atoms. The van der Waals surface area contributed by atoms with Gasteiger partial charge in [0.2, 0.25) is 5.91 Å². The number of rotatable bonds is 5. The van der Waals surface area contributed by atoms with Gasteiger partial charge in [-0.2, -0.15) is 0 Å². The van der Waals surface area contributed by atoms with Crippen molar-refractivity contribution in [1.82, 2.24) is 14.9 Å². The first-order valence-electron chi connectivity index (χ1n) is 8.69. The third kappa shape index (κ3) is 4.83. The van der Waals surface area contributed by atoms with Crippen LogP contribution in [0.25, 0.3) is 10.9 Å². The smallest absolute Gasteiger partial charge is 0.286 e. The number of aromatic nitrogens is 2. The van der Waals surface area contributed by atoms with Gasteiger partial charge in [0.05, 0.1) is 16.2 Å². The monoisotopic (exact) mass is 435 g/mol. The van der Waals surface area contributed by atoms with Gasteiger partial charge in [0.15, 0.2) is 0 Å². The molecule has 144 valence electrons. The summed E-state index contributed by atoms with van der Waals surface area (Å²) in [5.74, 6) is 0.912. The number of para-hydroxylation sites is 1. The van der Waals surface area contributed by atoms with Gasteiger partial charge in [0, 0.05) is 44.8 Å². The number of fused-ring (bicyclic) bond motifs is 1. The molecule has 0 aliphatic carbocycles. The van der Waals surface area contributed by atoms with Gasteiger partial charge < -0.3 is 4.74 Å². The molecule has 2 amide bonds. The van der Waals surface area contributed by atoms with Gasteiger partial charge >= 0.3 is 0 Å². The average Bonchev–Trinajstić information content (AvgIpc) is 3.01. The van der Waals surface area contributed by atoms with Crippen LogP contribution in [0.3, 0.4) is 0 Å². The number of hydrogen-bond donors (Lipinski definition) is 1. The summed E-state index contributed by atoms with van der Waals surface area (Å²) in [4.78, 5) is 39.8. The third-order valence-corrected chi connectivity index (χ3v) is 5.54. The van der Waals surface area contributed by atoms with E-state index in [1.54, 1.807) is 31.3 Å². The second kappa shape index (κ2) is 9.30. The molecule has 3 aromatic rings. The van der Waals surface area contributed by atoms with E-state index in [-0.39, 0.29) is 61.1 Å². The summed E-state index contributed by atoms with van der Waals surface area (Å²) in [5, 5.41) is 2.16. The largest absolute Gasteiger partial charge is 0.486 e. The summed E-state index contributed by atoms with van der Waals surface area (Å²) < 4.78 is 7.27. The topological polar surface area (TPSA) is 90.3 Å². The SMILES string of the molecule is Cn1c(COc2ccc(CC3SC(=O)NC3=O)cc2)nc2ccccc2c1=O.[Ca]. The Labute approximate surface area is 200 Å². The Morgan fingerprint density at radius 2 is 1.83 bits per heavy atom. The van der Waals surface area contributed by atoms with Crippen LogP contribution in [-0.2, 0) is 24.9 Å². The van der Waals surface area contributed by atoms with Gasteiger partial charge in [-0.05, 0) is 36.2 Å². The molecule has 1 atom stereocenters. The van der Waals surface area contributed by atoms with E-state index in [9.17, 15) is 14.4 Å². The molecule has 2 aromatic carbocycles. The first-order chi connectivity index (χ1) is 13.5. The molecule has 9 heteroatoms. The van der Waals surface area contributed by atoms with Gasteiger partial charge in [-0.25, -0.2) is 4.98 Å². The maximum absolute atomic E-state index is 12.4. The molecule has 1 unspecified atom stereocenters. The average molecular weight is 436 g/mol. The third-order valence-electron chi connectivity index (χ3n) is 4.56. The number of imide groups is 1. The van der Waals surface area contributed by atoms with Crippen LogP contribution < -0.4 is 15.6 Å². The molecule has 0 spiro atoms. The minimum atomic E-state index is -0.393. The summed E-state index contributed by atoms with van der Waals surface area (Å²) >= 11 is 1.01. The first kappa shape index (κ1) is 21.8. The Morgan fingerprint density at radius 3 is 2.52 bits per heavy atom. The molecule has 2 radical (unpaired) electrons. The van der Waals surface area contributed by atoms with Gasteiger partial charge in [-0.15, -0.1) is 0 Å². The number of nitrogens with zero attached hydrogens (tertiary/aromatic N) is 2. The molecule has 1 fully saturated rings. The van der Waals surface area contributed by atoms with Crippen LogP contribution in [0.5, 0.6) is 5.75 Å². The predicted molar refractivity (Wildman–Crippen MR) is 112 cm³/mol. The molecule has 1 aliphatic heterocycles. The van der Waals surface area contributed by atoms with Crippen molar-refractivity contribution in [2.24, 2.45) is 7.05 Å². The summed E-state index contributed by atoms with van der Waals surface area (Å²) in [6.45, 7) is 0.158. The maximum Gasteiger partial charge on any atom is 0.286 e. The van der Waals surface area contributed by atoms with E-state index in [1.807, 2.05) is 24.3 Å². The zero-order chi connectivity index (χ0) is 19.7. The number of ether oxygens (including phenoxy) is 1. The second-order valence-electron chi connectivity index (χ2n) is 6.43. The predicted octanol–water partition coefficient (Wildman–Crippen LogP) is 2.03. The Morgan fingerprint density at radius 1 is 1.10 bits per heavy atom.